The van der Waals surface area contributed by atoms with Crippen LogP contribution in [0.5, 0.6) is 0 Å². The first-order valence-corrected chi connectivity index (χ1v) is 5.83. The van der Waals surface area contributed by atoms with Gasteiger partial charge in [0.15, 0.2) is 0 Å². The minimum atomic E-state index is -0.852. The van der Waals surface area contributed by atoms with Gasteiger partial charge in [-0.25, -0.2) is 12.1 Å². The Morgan fingerprint density at radius 3 is 2.16 bits per heavy atom. The maximum atomic E-state index is 11.3. The van der Waals surface area contributed by atoms with Crippen molar-refractivity contribution in [3.8, 4) is 0 Å². The van der Waals surface area contributed by atoms with Gasteiger partial charge < -0.3 is 10.2 Å². The van der Waals surface area contributed by atoms with Crippen LogP contribution in [0, 0.1) is 0 Å². The second-order valence-electron chi connectivity index (χ2n) is 3.81. The number of hydrogen-bond acceptors (Lipinski definition) is 2. The van der Waals surface area contributed by atoms with E-state index in [9.17, 15) is 9.90 Å². The SMILES string of the molecule is O=C(O)CCCC([O-])=C1C=CC=C1.[Fe+2].c1cc[cH-]c1. The predicted octanol–water partition coefficient (Wildman–Crippen LogP) is 2.38. The van der Waals surface area contributed by atoms with Crippen molar-refractivity contribution >= 4 is 5.97 Å². The van der Waals surface area contributed by atoms with Crippen molar-refractivity contribution in [3.05, 3.63) is 66.0 Å². The van der Waals surface area contributed by atoms with Crippen molar-refractivity contribution in [1.29, 1.82) is 0 Å². The quantitative estimate of drug-likeness (QED) is 0.527. The van der Waals surface area contributed by atoms with E-state index in [-0.39, 0.29) is 29.2 Å². The maximum Gasteiger partial charge on any atom is 2.00 e. The Morgan fingerprint density at radius 1 is 1.16 bits per heavy atom. The zero-order valence-corrected chi connectivity index (χ0v) is 11.5. The fraction of sp³-hybridized carbons (Fsp3) is 0.200. The second kappa shape index (κ2) is 10.3. The topological polar surface area (TPSA) is 60.4 Å². The molecule has 1 aromatic rings. The Labute approximate surface area is 123 Å². The minimum absolute atomic E-state index is 0. The van der Waals surface area contributed by atoms with E-state index >= 15 is 0 Å². The van der Waals surface area contributed by atoms with Crippen LogP contribution in [0.1, 0.15) is 19.3 Å². The zero-order valence-electron chi connectivity index (χ0n) is 10.4. The molecule has 0 aromatic heterocycles. The van der Waals surface area contributed by atoms with Gasteiger partial charge in [-0.15, -0.1) is 5.76 Å². The minimum Gasteiger partial charge on any atom is -0.875 e. The third-order valence-corrected chi connectivity index (χ3v) is 2.33. The number of carboxylic acid groups (broad SMARTS) is 1. The van der Waals surface area contributed by atoms with Crippen LogP contribution in [0.25, 0.3) is 0 Å². The van der Waals surface area contributed by atoms with Crippen LogP contribution in [0.2, 0.25) is 0 Å². The molecule has 0 saturated heterocycles. The molecule has 0 atom stereocenters. The van der Waals surface area contributed by atoms with Gasteiger partial charge in [-0.1, -0.05) is 24.3 Å². The number of carboxylic acids is 1. The van der Waals surface area contributed by atoms with Crippen LogP contribution in [0.3, 0.4) is 0 Å². The molecule has 0 radical (unpaired) electrons. The van der Waals surface area contributed by atoms with E-state index < -0.39 is 5.97 Å². The van der Waals surface area contributed by atoms with Gasteiger partial charge in [0.25, 0.3) is 0 Å². The smallest absolute Gasteiger partial charge is 0.875 e. The molecule has 4 heteroatoms. The molecule has 0 unspecified atom stereocenters. The Bertz CT molecular complexity index is 411. The maximum absolute atomic E-state index is 11.3. The van der Waals surface area contributed by atoms with E-state index in [1.165, 1.54) is 0 Å². The molecule has 2 rings (SSSR count). The fourth-order valence-corrected chi connectivity index (χ4v) is 1.43. The molecule has 0 aliphatic heterocycles. The van der Waals surface area contributed by atoms with Gasteiger partial charge in [-0.3, -0.25) is 4.79 Å². The average molecular weight is 300 g/mol. The Kier molecular flexibility index (Phi) is 9.41. The molecule has 0 amide bonds. The molecular weight excluding hydrogens is 284 g/mol. The van der Waals surface area contributed by atoms with Crippen LogP contribution >= 0.6 is 0 Å². The molecule has 0 bridgehead atoms. The second-order valence-corrected chi connectivity index (χ2v) is 3.81. The van der Waals surface area contributed by atoms with Crippen molar-refractivity contribution in [2.24, 2.45) is 0 Å². The van der Waals surface area contributed by atoms with Gasteiger partial charge in [-0.05, 0) is 18.4 Å². The molecule has 0 heterocycles. The summed E-state index contributed by atoms with van der Waals surface area (Å²) in [5.74, 6) is -0.832. The van der Waals surface area contributed by atoms with Crippen molar-refractivity contribution < 1.29 is 32.1 Å². The van der Waals surface area contributed by atoms with Crippen LogP contribution < -0.4 is 5.11 Å². The van der Waals surface area contributed by atoms with Crippen LogP contribution in [-0.4, -0.2) is 11.1 Å². The van der Waals surface area contributed by atoms with Crippen LogP contribution in [-0.2, 0) is 21.9 Å². The molecule has 102 valence electrons. The van der Waals surface area contributed by atoms with Gasteiger partial charge in [0.1, 0.15) is 0 Å². The third-order valence-electron chi connectivity index (χ3n) is 2.33. The molecule has 0 spiro atoms. The van der Waals surface area contributed by atoms with Gasteiger partial charge in [0.05, 0.1) is 0 Å². The summed E-state index contributed by atoms with van der Waals surface area (Å²) >= 11 is 0. The first-order valence-electron chi connectivity index (χ1n) is 5.83. The standard InChI is InChI=1S/C10H12O3.C5H5.Fe/c11-9(6-3-7-10(12)13)8-4-1-2-5-8;1-2-4-5-3-1;/h1-2,4-5,11H,3,6-7H2,(H,12,13);1-5H;/q;-1;+2/p-1. The van der Waals surface area contributed by atoms with Crippen molar-refractivity contribution in [3.63, 3.8) is 0 Å². The summed E-state index contributed by atoms with van der Waals surface area (Å²) in [6.07, 6.45) is 7.86. The Balaban J connectivity index is 0.000000454. The van der Waals surface area contributed by atoms with Crippen molar-refractivity contribution in [1.82, 2.24) is 0 Å². The number of rotatable bonds is 4. The Morgan fingerprint density at radius 2 is 1.74 bits per heavy atom. The summed E-state index contributed by atoms with van der Waals surface area (Å²) in [7, 11) is 0. The molecule has 0 fully saturated rings. The molecule has 1 aliphatic carbocycles. The summed E-state index contributed by atoms with van der Waals surface area (Å²) in [5.41, 5.74) is 0.672. The van der Waals surface area contributed by atoms with E-state index in [4.69, 9.17) is 5.11 Å². The van der Waals surface area contributed by atoms with E-state index in [0.717, 1.165) is 0 Å². The molecule has 1 aromatic carbocycles. The molecule has 1 N–H and O–H groups in total. The van der Waals surface area contributed by atoms with E-state index in [1.807, 2.05) is 30.3 Å². The number of allylic oxidation sites excluding steroid dienone is 6. The molecule has 1 aliphatic rings. The van der Waals surface area contributed by atoms with Crippen LogP contribution in [0.15, 0.2) is 66.0 Å². The van der Waals surface area contributed by atoms with Gasteiger partial charge >= 0.3 is 23.0 Å². The summed E-state index contributed by atoms with van der Waals surface area (Å²) < 4.78 is 0. The summed E-state index contributed by atoms with van der Waals surface area (Å²) in [5, 5.41) is 19.6. The molecule has 3 nitrogen and oxygen atoms in total. The van der Waals surface area contributed by atoms with Crippen molar-refractivity contribution in [2.75, 3.05) is 0 Å². The van der Waals surface area contributed by atoms with Crippen molar-refractivity contribution in [2.45, 2.75) is 19.3 Å². The molecular formula is C15H16FeO3. The van der Waals surface area contributed by atoms with Gasteiger partial charge in [-0.2, -0.15) is 18.2 Å². The normalized spacial score (nSPS) is 11.5. The summed E-state index contributed by atoms with van der Waals surface area (Å²) in [4.78, 5) is 10.2. The zero-order chi connectivity index (χ0) is 13.2. The average Bonchev–Trinajstić information content (AvgIpc) is 3.05. The summed E-state index contributed by atoms with van der Waals surface area (Å²) in [6.45, 7) is 0. The van der Waals surface area contributed by atoms with E-state index in [2.05, 4.69) is 0 Å². The Hall–Kier alpha value is -1.64. The fourth-order valence-electron chi connectivity index (χ4n) is 1.43. The summed E-state index contributed by atoms with van der Waals surface area (Å²) in [6, 6.07) is 10.0. The molecule has 0 saturated carbocycles. The first-order chi connectivity index (χ1) is 8.70. The largest absolute Gasteiger partial charge is 2.00 e. The number of hydrogen-bond donors (Lipinski definition) is 1. The van der Waals surface area contributed by atoms with Crippen LogP contribution in [0.4, 0.5) is 0 Å². The van der Waals surface area contributed by atoms with Gasteiger partial charge in [0, 0.05) is 6.42 Å². The first kappa shape index (κ1) is 17.4. The molecule has 19 heavy (non-hydrogen) atoms. The number of aliphatic carboxylic acids is 1. The van der Waals surface area contributed by atoms with Gasteiger partial charge in [0.2, 0.25) is 0 Å². The van der Waals surface area contributed by atoms with E-state index in [0.29, 0.717) is 18.4 Å². The number of carbonyl (C=O) groups is 1. The monoisotopic (exact) mass is 300 g/mol. The van der Waals surface area contributed by atoms with E-state index in [1.54, 1.807) is 24.3 Å². The third kappa shape index (κ3) is 8.14. The predicted molar refractivity (Wildman–Crippen MR) is 68.8 cm³/mol.